The number of alkyl halides is 3. The Kier molecular flexibility index (Phi) is 3.94. The van der Waals surface area contributed by atoms with E-state index in [2.05, 4.69) is 16.3 Å². The van der Waals surface area contributed by atoms with Gasteiger partial charge in [-0.15, -0.1) is 0 Å². The van der Waals surface area contributed by atoms with Gasteiger partial charge in [0, 0.05) is 11.3 Å². The van der Waals surface area contributed by atoms with Gasteiger partial charge in [0.2, 0.25) is 0 Å². The van der Waals surface area contributed by atoms with Crippen LogP contribution in [0.15, 0.2) is 48.5 Å². The molecule has 0 spiro atoms. The van der Waals surface area contributed by atoms with E-state index in [0.717, 1.165) is 11.1 Å². The normalized spacial score (nSPS) is 11.7. The molecule has 0 fully saturated rings. The zero-order valence-corrected chi connectivity index (χ0v) is 12.4. The van der Waals surface area contributed by atoms with Crippen molar-refractivity contribution in [2.24, 2.45) is 0 Å². The van der Waals surface area contributed by atoms with Gasteiger partial charge in [-0.05, 0) is 42.2 Å². The fourth-order valence-corrected chi connectivity index (χ4v) is 2.53. The van der Waals surface area contributed by atoms with Crippen LogP contribution in [-0.2, 0) is 12.6 Å². The predicted molar refractivity (Wildman–Crippen MR) is 81.8 cm³/mol. The molecule has 0 amide bonds. The molecule has 2 nitrogen and oxygen atoms in total. The van der Waals surface area contributed by atoms with E-state index in [4.69, 9.17) is 0 Å². The molecule has 0 bridgehead atoms. The summed E-state index contributed by atoms with van der Waals surface area (Å²) in [6.07, 6.45) is -3.79. The predicted octanol–water partition coefficient (Wildman–Crippen LogP) is 4.79. The molecule has 0 saturated carbocycles. The van der Waals surface area contributed by atoms with Crippen LogP contribution in [0.3, 0.4) is 0 Å². The Morgan fingerprint density at radius 2 is 1.83 bits per heavy atom. The molecule has 3 rings (SSSR count). The number of halogens is 3. The Hall–Kier alpha value is -2.56. The zero-order valence-electron chi connectivity index (χ0n) is 12.4. The topological polar surface area (TPSA) is 28.7 Å². The summed E-state index contributed by atoms with van der Waals surface area (Å²) in [7, 11) is 0. The minimum Gasteiger partial charge on any atom is -0.282 e. The number of H-pyrrole nitrogens is 1. The van der Waals surface area contributed by atoms with Gasteiger partial charge in [0.25, 0.3) is 0 Å². The monoisotopic (exact) mass is 315 g/mol. The number of nitrogens with one attached hydrogen (secondary N) is 1. The highest BCUT2D eigenvalue weighted by Crippen LogP contribution is 2.37. The molecule has 3 aromatic rings. The van der Waals surface area contributed by atoms with E-state index in [1.807, 2.05) is 30.3 Å². The van der Waals surface area contributed by atoms with Gasteiger partial charge in [0.05, 0.1) is 0 Å². The number of hydrogen-bond acceptors (Lipinski definition) is 1. The summed E-state index contributed by atoms with van der Waals surface area (Å²) in [5.74, 6) is 0. The first-order chi connectivity index (χ1) is 10.9. The zero-order chi connectivity index (χ0) is 16.4. The molecule has 0 unspecified atom stereocenters. The Bertz CT molecular complexity index is 787. The maximum absolute atomic E-state index is 13.0. The molecule has 0 aliphatic heterocycles. The van der Waals surface area contributed by atoms with Gasteiger partial charge in [0.1, 0.15) is 0 Å². The van der Waals surface area contributed by atoms with E-state index >= 15 is 0 Å². The molecular weight excluding hydrogens is 301 g/mol. The van der Waals surface area contributed by atoms with Crippen molar-refractivity contribution in [1.82, 2.24) is 10.2 Å². The quantitative estimate of drug-likeness (QED) is 0.739. The van der Waals surface area contributed by atoms with Crippen LogP contribution in [0.25, 0.3) is 11.1 Å². The summed E-state index contributed by atoms with van der Waals surface area (Å²) in [5, 5.41) is 5.80. The van der Waals surface area contributed by atoms with E-state index in [1.54, 1.807) is 25.1 Å². The Morgan fingerprint density at radius 3 is 2.43 bits per heavy atom. The second-order valence-corrected chi connectivity index (χ2v) is 5.33. The molecule has 1 N–H and O–H groups in total. The van der Waals surface area contributed by atoms with E-state index in [0.29, 0.717) is 17.7 Å². The van der Waals surface area contributed by atoms with Crippen molar-refractivity contribution in [1.29, 1.82) is 0 Å². The minimum absolute atomic E-state index is 0.0833. The number of aromatic nitrogens is 2. The highest BCUT2D eigenvalue weighted by Gasteiger charge is 2.37. The summed E-state index contributed by atoms with van der Waals surface area (Å²) in [5.41, 5.74) is 2.10. The molecule has 23 heavy (non-hydrogen) atoms. The first-order valence-corrected chi connectivity index (χ1v) is 7.12. The number of benzene rings is 2. The molecule has 2 aromatic carbocycles. The Balaban J connectivity index is 1.90. The number of aryl methyl sites for hydroxylation is 1. The number of hydrogen-bond donors (Lipinski definition) is 1. The molecule has 1 aromatic heterocycles. The summed E-state index contributed by atoms with van der Waals surface area (Å²) in [6, 6.07) is 18.0. The van der Waals surface area contributed by atoms with Crippen molar-refractivity contribution in [3.8, 4) is 11.1 Å². The first-order valence-electron chi connectivity index (χ1n) is 7.12. The Labute approximate surface area is 132 Å². The average molecular weight is 315 g/mol. The molecule has 0 aliphatic rings. The maximum Gasteiger partial charge on any atom is 0.435 e. The lowest BCUT2D eigenvalue weighted by Gasteiger charge is -2.08. The van der Waals surface area contributed by atoms with Crippen LogP contribution < -0.4 is 0 Å². The van der Waals surface area contributed by atoms with Crippen molar-refractivity contribution >= 4 is 0 Å². The number of rotatable bonds is 3. The largest absolute Gasteiger partial charge is 0.435 e. The van der Waals surface area contributed by atoms with Crippen molar-refractivity contribution in [3.05, 3.63) is 77.1 Å². The van der Waals surface area contributed by atoms with Gasteiger partial charge in [-0.3, -0.25) is 5.10 Å². The third-order valence-corrected chi connectivity index (χ3v) is 3.62. The molecule has 5 heteroatoms. The van der Waals surface area contributed by atoms with Crippen molar-refractivity contribution in [3.63, 3.8) is 0 Å². The lowest BCUT2D eigenvalue weighted by atomic mass is 9.99. The van der Waals surface area contributed by atoms with E-state index in [-0.39, 0.29) is 5.56 Å². The SMILES string of the molecule is Cc1[nH]nc(C(F)(F)F)c1-c1c[c]c(Cc2ccccc2)cc1. The van der Waals surface area contributed by atoms with E-state index in [1.165, 1.54) is 0 Å². The summed E-state index contributed by atoms with van der Waals surface area (Å²) in [6.45, 7) is 1.58. The summed E-state index contributed by atoms with van der Waals surface area (Å²) >= 11 is 0. The van der Waals surface area contributed by atoms with Crippen LogP contribution in [0.1, 0.15) is 22.5 Å². The lowest BCUT2D eigenvalue weighted by molar-refractivity contribution is -0.140. The summed E-state index contributed by atoms with van der Waals surface area (Å²) < 4.78 is 39.1. The van der Waals surface area contributed by atoms with Gasteiger partial charge >= 0.3 is 6.18 Å². The molecule has 1 radical (unpaired) electrons. The lowest BCUT2D eigenvalue weighted by Crippen LogP contribution is -2.07. The fourth-order valence-electron chi connectivity index (χ4n) is 2.53. The van der Waals surface area contributed by atoms with Gasteiger partial charge in [-0.25, -0.2) is 0 Å². The summed E-state index contributed by atoms with van der Waals surface area (Å²) in [4.78, 5) is 0. The van der Waals surface area contributed by atoms with Crippen molar-refractivity contribution in [2.45, 2.75) is 19.5 Å². The van der Waals surface area contributed by atoms with Crippen LogP contribution in [0.5, 0.6) is 0 Å². The highest BCUT2D eigenvalue weighted by molar-refractivity contribution is 5.69. The standard InChI is InChI=1S/C18H14F3N2/c1-12-16(17(23-22-12)18(19,20)21)15-9-7-14(8-10-15)11-13-5-3-2-4-6-13/h2-7,9-10H,11H2,1H3,(H,22,23). The second kappa shape index (κ2) is 5.91. The second-order valence-electron chi connectivity index (χ2n) is 5.33. The first kappa shape index (κ1) is 15.3. The van der Waals surface area contributed by atoms with Crippen LogP contribution >= 0.6 is 0 Å². The number of nitrogens with zero attached hydrogens (tertiary/aromatic N) is 1. The fraction of sp³-hybridized carbons (Fsp3) is 0.167. The molecular formula is C18H14F3N2. The van der Waals surface area contributed by atoms with Gasteiger partial charge < -0.3 is 0 Å². The average Bonchev–Trinajstić information content (AvgIpc) is 2.91. The number of aromatic amines is 1. The van der Waals surface area contributed by atoms with Crippen molar-refractivity contribution in [2.75, 3.05) is 0 Å². The van der Waals surface area contributed by atoms with E-state index < -0.39 is 11.9 Å². The van der Waals surface area contributed by atoms with Crippen LogP contribution in [-0.4, -0.2) is 10.2 Å². The molecule has 0 atom stereocenters. The van der Waals surface area contributed by atoms with Crippen LogP contribution in [0, 0.1) is 13.0 Å². The van der Waals surface area contributed by atoms with E-state index in [9.17, 15) is 13.2 Å². The van der Waals surface area contributed by atoms with Gasteiger partial charge in [-0.1, -0.05) is 42.5 Å². The van der Waals surface area contributed by atoms with Crippen LogP contribution in [0.2, 0.25) is 0 Å². The molecule has 1 heterocycles. The van der Waals surface area contributed by atoms with Gasteiger partial charge in [-0.2, -0.15) is 18.3 Å². The van der Waals surface area contributed by atoms with Crippen molar-refractivity contribution < 1.29 is 13.2 Å². The maximum atomic E-state index is 13.0. The molecule has 117 valence electrons. The smallest absolute Gasteiger partial charge is 0.282 e. The third-order valence-electron chi connectivity index (χ3n) is 3.62. The van der Waals surface area contributed by atoms with Gasteiger partial charge in [0.15, 0.2) is 5.69 Å². The Morgan fingerprint density at radius 1 is 1.09 bits per heavy atom. The molecule has 0 aliphatic carbocycles. The minimum atomic E-state index is -4.48. The third kappa shape index (κ3) is 3.28. The molecule has 0 saturated heterocycles. The van der Waals surface area contributed by atoms with Crippen LogP contribution in [0.4, 0.5) is 13.2 Å². The highest BCUT2D eigenvalue weighted by atomic mass is 19.4.